The predicted molar refractivity (Wildman–Crippen MR) is 90.3 cm³/mol. The van der Waals surface area contributed by atoms with E-state index in [0.29, 0.717) is 5.52 Å². The molecule has 4 aromatic rings. The maximum absolute atomic E-state index is 13.6. The molecule has 0 unspecified atom stereocenters. The Bertz CT molecular complexity index is 943. The van der Waals surface area contributed by atoms with Crippen LogP contribution in [0.4, 0.5) is 4.39 Å². The molecule has 0 aliphatic heterocycles. The minimum Gasteiger partial charge on any atom is -0.236 e. The van der Waals surface area contributed by atoms with Gasteiger partial charge >= 0.3 is 0 Å². The van der Waals surface area contributed by atoms with Crippen LogP contribution >= 0.6 is 0 Å². The van der Waals surface area contributed by atoms with Crippen LogP contribution < -0.4 is 0 Å². The molecule has 0 aliphatic carbocycles. The summed E-state index contributed by atoms with van der Waals surface area (Å²) in [5.41, 5.74) is 3.93. The van der Waals surface area contributed by atoms with Gasteiger partial charge in [-0.15, -0.1) is 0 Å². The molecule has 1 heterocycles. The third kappa shape index (κ3) is 2.61. The molecule has 23 heavy (non-hydrogen) atoms. The van der Waals surface area contributed by atoms with Gasteiger partial charge in [-0.05, 0) is 29.8 Å². The van der Waals surface area contributed by atoms with Gasteiger partial charge in [-0.2, -0.15) is 5.10 Å². The van der Waals surface area contributed by atoms with Gasteiger partial charge < -0.3 is 0 Å². The van der Waals surface area contributed by atoms with Crippen LogP contribution in [-0.2, 0) is 6.42 Å². The van der Waals surface area contributed by atoms with Gasteiger partial charge in [-0.1, -0.05) is 48.5 Å². The van der Waals surface area contributed by atoms with Crippen molar-refractivity contribution in [2.24, 2.45) is 0 Å². The van der Waals surface area contributed by atoms with Gasteiger partial charge in [-0.3, -0.25) is 0 Å². The number of para-hydroxylation sites is 1. The number of rotatable bonds is 3. The largest absolute Gasteiger partial charge is 0.236 e. The van der Waals surface area contributed by atoms with Crippen LogP contribution in [0.3, 0.4) is 0 Å². The molecule has 0 saturated carbocycles. The molecule has 112 valence electrons. The summed E-state index contributed by atoms with van der Waals surface area (Å²) in [7, 11) is 0. The normalized spacial score (nSPS) is 11.0. The van der Waals surface area contributed by atoms with Gasteiger partial charge in [0.15, 0.2) is 0 Å². The fourth-order valence-electron chi connectivity index (χ4n) is 2.86. The lowest BCUT2D eigenvalue weighted by molar-refractivity contribution is 0.629. The van der Waals surface area contributed by atoms with Crippen molar-refractivity contribution in [1.29, 1.82) is 0 Å². The molecule has 4 rings (SSSR count). The smallest absolute Gasteiger partial charge is 0.125 e. The lowest BCUT2D eigenvalue weighted by Crippen LogP contribution is -2.02. The van der Waals surface area contributed by atoms with Crippen LogP contribution in [0.15, 0.2) is 78.9 Å². The van der Waals surface area contributed by atoms with E-state index in [2.05, 4.69) is 17.2 Å². The first-order chi connectivity index (χ1) is 11.3. The van der Waals surface area contributed by atoms with E-state index in [9.17, 15) is 4.39 Å². The van der Waals surface area contributed by atoms with Gasteiger partial charge in [0.05, 0.1) is 16.9 Å². The van der Waals surface area contributed by atoms with Crippen LogP contribution in [0.5, 0.6) is 0 Å². The molecular weight excluding hydrogens is 287 g/mol. The van der Waals surface area contributed by atoms with E-state index in [1.807, 2.05) is 59.3 Å². The molecule has 0 amide bonds. The van der Waals surface area contributed by atoms with E-state index in [1.54, 1.807) is 0 Å². The topological polar surface area (TPSA) is 17.8 Å². The second-order valence-electron chi connectivity index (χ2n) is 5.52. The van der Waals surface area contributed by atoms with Crippen molar-refractivity contribution in [3.05, 3.63) is 95.9 Å². The average molecular weight is 302 g/mol. The molecule has 0 saturated heterocycles. The Kier molecular flexibility index (Phi) is 3.39. The standard InChI is InChI=1S/C20H15FN2/c21-16-11-12-18-19(14-16)22-23(17-9-5-2-6-10-17)20(18)13-15-7-3-1-4-8-15/h1-12,14H,13H2. The molecule has 1 aromatic heterocycles. The number of hydrogen-bond donors (Lipinski definition) is 0. The predicted octanol–water partition coefficient (Wildman–Crippen LogP) is 4.76. The average Bonchev–Trinajstić information content (AvgIpc) is 2.94. The van der Waals surface area contributed by atoms with E-state index in [1.165, 1.54) is 17.7 Å². The summed E-state index contributed by atoms with van der Waals surface area (Å²) < 4.78 is 15.5. The van der Waals surface area contributed by atoms with Gasteiger partial charge in [0.2, 0.25) is 0 Å². The molecule has 3 heteroatoms. The van der Waals surface area contributed by atoms with Crippen molar-refractivity contribution in [2.75, 3.05) is 0 Å². The van der Waals surface area contributed by atoms with Gasteiger partial charge in [-0.25, -0.2) is 9.07 Å². The molecule has 3 aromatic carbocycles. The zero-order chi connectivity index (χ0) is 15.6. The number of aromatic nitrogens is 2. The molecule has 0 N–H and O–H groups in total. The molecule has 2 nitrogen and oxygen atoms in total. The van der Waals surface area contributed by atoms with Gasteiger partial charge in [0.1, 0.15) is 5.82 Å². The number of hydrogen-bond acceptors (Lipinski definition) is 1. The molecular formula is C20H15FN2. The summed E-state index contributed by atoms with van der Waals surface area (Å²) in [4.78, 5) is 0. The summed E-state index contributed by atoms with van der Waals surface area (Å²) in [5.74, 6) is -0.263. The number of halogens is 1. The number of fused-ring (bicyclic) bond motifs is 1. The van der Waals surface area contributed by atoms with Gasteiger partial charge in [0.25, 0.3) is 0 Å². The van der Waals surface area contributed by atoms with E-state index < -0.39 is 0 Å². The summed E-state index contributed by atoms with van der Waals surface area (Å²) in [6.07, 6.45) is 0.748. The maximum atomic E-state index is 13.6. The molecule has 0 aliphatic rings. The minimum absolute atomic E-state index is 0.263. The van der Waals surface area contributed by atoms with Crippen molar-refractivity contribution in [3.8, 4) is 5.69 Å². The zero-order valence-corrected chi connectivity index (χ0v) is 12.5. The van der Waals surface area contributed by atoms with Crippen LogP contribution in [-0.4, -0.2) is 9.78 Å². The highest BCUT2D eigenvalue weighted by Crippen LogP contribution is 2.25. The van der Waals surface area contributed by atoms with Gasteiger partial charge in [0, 0.05) is 17.9 Å². The van der Waals surface area contributed by atoms with Crippen molar-refractivity contribution in [3.63, 3.8) is 0 Å². The quantitative estimate of drug-likeness (QED) is 0.534. The minimum atomic E-state index is -0.263. The second-order valence-corrected chi connectivity index (χ2v) is 5.52. The Morgan fingerprint density at radius 1 is 0.826 bits per heavy atom. The summed E-state index contributed by atoms with van der Waals surface area (Å²) in [6, 6.07) is 25.0. The third-order valence-electron chi connectivity index (χ3n) is 3.95. The highest BCUT2D eigenvalue weighted by Gasteiger charge is 2.13. The SMILES string of the molecule is Fc1ccc2c(Cc3ccccc3)n(-c3ccccc3)nc2c1. The van der Waals surface area contributed by atoms with Crippen molar-refractivity contribution in [2.45, 2.75) is 6.42 Å². The molecule has 0 bridgehead atoms. The molecule has 0 fully saturated rings. The zero-order valence-electron chi connectivity index (χ0n) is 12.5. The van der Waals surface area contributed by atoms with E-state index >= 15 is 0 Å². The van der Waals surface area contributed by atoms with Crippen LogP contribution in [0, 0.1) is 5.82 Å². The fraction of sp³-hybridized carbons (Fsp3) is 0.0500. The van der Waals surface area contributed by atoms with Crippen molar-refractivity contribution in [1.82, 2.24) is 9.78 Å². The Hall–Kier alpha value is -2.94. The Morgan fingerprint density at radius 2 is 1.52 bits per heavy atom. The molecule has 0 spiro atoms. The highest BCUT2D eigenvalue weighted by molar-refractivity contribution is 5.82. The first-order valence-electron chi connectivity index (χ1n) is 7.58. The Balaban J connectivity index is 1.92. The number of nitrogens with zero attached hydrogens (tertiary/aromatic N) is 2. The van der Waals surface area contributed by atoms with Crippen molar-refractivity contribution < 1.29 is 4.39 Å². The fourth-order valence-corrected chi connectivity index (χ4v) is 2.86. The second kappa shape index (κ2) is 5.69. The van der Waals surface area contributed by atoms with Crippen molar-refractivity contribution >= 4 is 10.9 Å². The molecule has 0 radical (unpaired) electrons. The van der Waals surface area contributed by atoms with E-state index in [-0.39, 0.29) is 5.82 Å². The van der Waals surface area contributed by atoms with Crippen LogP contribution in [0.2, 0.25) is 0 Å². The van der Waals surface area contributed by atoms with E-state index in [0.717, 1.165) is 23.2 Å². The summed E-state index contributed by atoms with van der Waals surface area (Å²) >= 11 is 0. The Morgan fingerprint density at radius 3 is 2.26 bits per heavy atom. The first kappa shape index (κ1) is 13.7. The Labute approximate surface area is 133 Å². The maximum Gasteiger partial charge on any atom is 0.125 e. The van der Waals surface area contributed by atoms with Crippen LogP contribution in [0.1, 0.15) is 11.3 Å². The molecule has 0 atom stereocenters. The van der Waals surface area contributed by atoms with E-state index in [4.69, 9.17) is 0 Å². The van der Waals surface area contributed by atoms with Crippen LogP contribution in [0.25, 0.3) is 16.6 Å². The lowest BCUT2D eigenvalue weighted by atomic mass is 10.1. The highest BCUT2D eigenvalue weighted by atomic mass is 19.1. The number of benzene rings is 3. The monoisotopic (exact) mass is 302 g/mol. The lowest BCUT2D eigenvalue weighted by Gasteiger charge is -2.08. The summed E-state index contributed by atoms with van der Waals surface area (Å²) in [5, 5.41) is 5.60. The first-order valence-corrected chi connectivity index (χ1v) is 7.58. The summed E-state index contributed by atoms with van der Waals surface area (Å²) in [6.45, 7) is 0. The third-order valence-corrected chi connectivity index (χ3v) is 3.95.